The van der Waals surface area contributed by atoms with Crippen molar-refractivity contribution in [3.8, 4) is 16.9 Å². The minimum Gasteiger partial charge on any atom is -0.481 e. The summed E-state index contributed by atoms with van der Waals surface area (Å²) in [6, 6.07) is 27.9. The zero-order chi connectivity index (χ0) is 32.8. The van der Waals surface area contributed by atoms with Crippen LogP contribution >= 0.6 is 0 Å². The maximum atomic E-state index is 14.2. The molecule has 0 saturated carbocycles. The summed E-state index contributed by atoms with van der Waals surface area (Å²) in [4.78, 5) is 38.0. The number of benzene rings is 4. The van der Waals surface area contributed by atoms with Crippen LogP contribution in [0.5, 0.6) is 5.75 Å². The number of carbonyl (C=O) groups is 3. The number of aliphatic carboxylic acids is 1. The summed E-state index contributed by atoms with van der Waals surface area (Å²) in [6.45, 7) is 5.52. The Hall–Kier alpha value is -5.02. The third-order valence-corrected chi connectivity index (χ3v) is 8.18. The van der Waals surface area contributed by atoms with E-state index in [0.717, 1.165) is 0 Å². The molecule has 1 unspecified atom stereocenters. The highest BCUT2D eigenvalue weighted by Gasteiger charge is 2.53. The molecule has 46 heavy (non-hydrogen) atoms. The van der Waals surface area contributed by atoms with Crippen LogP contribution in [0.3, 0.4) is 0 Å². The summed E-state index contributed by atoms with van der Waals surface area (Å²) < 4.78 is 39.1. The van der Waals surface area contributed by atoms with Crippen LogP contribution < -0.4 is 4.74 Å². The first kappa shape index (κ1) is 32.4. The molecule has 1 aliphatic rings. The van der Waals surface area contributed by atoms with Gasteiger partial charge in [0.1, 0.15) is 11.6 Å². The number of carboxylic acids is 1. The summed E-state index contributed by atoms with van der Waals surface area (Å²) >= 11 is 0. The van der Waals surface area contributed by atoms with Crippen LogP contribution in [0, 0.1) is 11.7 Å². The van der Waals surface area contributed by atoms with Crippen LogP contribution in [0.4, 0.5) is 4.39 Å². The lowest BCUT2D eigenvalue weighted by Gasteiger charge is -2.48. The highest BCUT2D eigenvalue weighted by molar-refractivity contribution is 5.90. The van der Waals surface area contributed by atoms with E-state index >= 15 is 0 Å². The molecule has 238 valence electrons. The molecule has 1 aliphatic heterocycles. The molecule has 0 aromatic heterocycles. The number of hydrogen-bond acceptors (Lipinski definition) is 7. The van der Waals surface area contributed by atoms with Gasteiger partial charge in [-0.15, -0.1) is 0 Å². The Balaban J connectivity index is 1.52. The van der Waals surface area contributed by atoms with Gasteiger partial charge in [-0.2, -0.15) is 0 Å². The molecule has 8 nitrogen and oxygen atoms in total. The summed E-state index contributed by atoms with van der Waals surface area (Å²) in [7, 11) is 0. The molecular weight excluding hydrogens is 591 g/mol. The standard InChI is InChI=1S/C37H35FO8/c1-23-32(44-34(41)25-11-6-4-7-12-25)33(45-35(42)26-13-8-5-9-14-26)36(46-37(23,2)3)43-29-19-17-24(18-20-31(39)40)30(22-29)27-15-10-16-28(38)21-27/h4-17,19,21-23,32-33,36H,18,20H2,1-3H3,(H,39,40)/t23-,32-,33-,36?/m1/s1. The summed E-state index contributed by atoms with van der Waals surface area (Å²) in [5, 5.41) is 9.29. The Morgan fingerprint density at radius 3 is 2.00 bits per heavy atom. The second kappa shape index (κ2) is 14.0. The number of esters is 2. The van der Waals surface area contributed by atoms with Crippen LogP contribution in [0.15, 0.2) is 103 Å². The van der Waals surface area contributed by atoms with Crippen LogP contribution in [0.25, 0.3) is 11.1 Å². The number of ether oxygens (including phenoxy) is 4. The molecule has 4 aromatic carbocycles. The molecule has 0 bridgehead atoms. The van der Waals surface area contributed by atoms with Crippen LogP contribution in [-0.2, 0) is 25.4 Å². The van der Waals surface area contributed by atoms with Crippen molar-refractivity contribution in [2.24, 2.45) is 5.92 Å². The fraction of sp³-hybridized carbons (Fsp3) is 0.270. The summed E-state index contributed by atoms with van der Waals surface area (Å²) in [5.41, 5.74) is 1.52. The smallest absolute Gasteiger partial charge is 0.338 e. The molecule has 0 amide bonds. The van der Waals surface area contributed by atoms with Gasteiger partial charge in [0.05, 0.1) is 16.7 Å². The lowest BCUT2D eigenvalue weighted by atomic mass is 9.82. The minimum absolute atomic E-state index is 0.119. The average molecular weight is 627 g/mol. The SMILES string of the molecule is C[C@@H]1[C@@H](OC(=O)c2ccccc2)[C@@H](OC(=O)c2ccccc2)C(Oc2ccc(CCC(=O)O)c(-c3cccc(F)c3)c2)OC1(C)C. The fourth-order valence-electron chi connectivity index (χ4n) is 5.37. The predicted octanol–water partition coefficient (Wildman–Crippen LogP) is 7.11. The third kappa shape index (κ3) is 7.61. The molecule has 9 heteroatoms. The van der Waals surface area contributed by atoms with Gasteiger partial charge in [0.25, 0.3) is 0 Å². The quantitative estimate of drug-likeness (QED) is 0.186. The van der Waals surface area contributed by atoms with Crippen molar-refractivity contribution in [3.63, 3.8) is 0 Å². The third-order valence-electron chi connectivity index (χ3n) is 8.18. The Labute approximate surface area is 266 Å². The number of carbonyl (C=O) groups excluding carboxylic acids is 2. The zero-order valence-electron chi connectivity index (χ0n) is 25.7. The zero-order valence-corrected chi connectivity index (χ0v) is 25.7. The van der Waals surface area contributed by atoms with E-state index in [-0.39, 0.29) is 12.8 Å². The first-order chi connectivity index (χ1) is 22.0. The first-order valence-electron chi connectivity index (χ1n) is 15.0. The molecule has 1 heterocycles. The van der Waals surface area contributed by atoms with Crippen LogP contribution in [0.1, 0.15) is 53.5 Å². The monoisotopic (exact) mass is 626 g/mol. The predicted molar refractivity (Wildman–Crippen MR) is 168 cm³/mol. The molecule has 1 fully saturated rings. The molecule has 1 N–H and O–H groups in total. The van der Waals surface area contributed by atoms with Crippen molar-refractivity contribution in [1.82, 2.24) is 0 Å². The van der Waals surface area contributed by atoms with E-state index < -0.39 is 53.7 Å². The highest BCUT2D eigenvalue weighted by Crippen LogP contribution is 2.39. The van der Waals surface area contributed by atoms with Gasteiger partial charge in [-0.1, -0.05) is 61.5 Å². The number of rotatable bonds is 10. The molecule has 5 rings (SSSR count). The van der Waals surface area contributed by atoms with E-state index in [9.17, 15) is 23.9 Å². The van der Waals surface area contributed by atoms with Gasteiger partial charge in [0.15, 0.2) is 6.10 Å². The summed E-state index contributed by atoms with van der Waals surface area (Å²) in [5.74, 6) is -2.80. The van der Waals surface area contributed by atoms with Gasteiger partial charge in [0, 0.05) is 12.3 Å². The van der Waals surface area contributed by atoms with E-state index in [0.29, 0.717) is 33.6 Å². The number of carboxylic acid groups (broad SMARTS) is 1. The van der Waals surface area contributed by atoms with E-state index in [4.69, 9.17) is 18.9 Å². The summed E-state index contributed by atoms with van der Waals surface area (Å²) in [6.07, 6.45) is -3.29. The normalized spacial score (nSPS) is 20.3. The molecular formula is C37H35FO8. The Morgan fingerprint density at radius 2 is 1.41 bits per heavy atom. The lowest BCUT2D eigenvalue weighted by molar-refractivity contribution is -0.283. The van der Waals surface area contributed by atoms with Crippen LogP contribution in [0.2, 0.25) is 0 Å². The van der Waals surface area contributed by atoms with Gasteiger partial charge in [0.2, 0.25) is 12.4 Å². The Morgan fingerprint density at radius 1 is 0.804 bits per heavy atom. The maximum absolute atomic E-state index is 14.2. The Kier molecular flexibility index (Phi) is 9.82. The maximum Gasteiger partial charge on any atom is 0.338 e. The fourth-order valence-corrected chi connectivity index (χ4v) is 5.37. The number of halogens is 1. The second-order valence-electron chi connectivity index (χ2n) is 11.7. The molecule has 0 aliphatic carbocycles. The lowest BCUT2D eigenvalue weighted by Crippen LogP contribution is -2.62. The number of aryl methyl sites for hydroxylation is 1. The molecule has 0 spiro atoms. The van der Waals surface area contributed by atoms with Crippen molar-refractivity contribution in [1.29, 1.82) is 0 Å². The van der Waals surface area contributed by atoms with E-state index in [1.165, 1.54) is 12.1 Å². The first-order valence-corrected chi connectivity index (χ1v) is 15.0. The average Bonchev–Trinajstić information content (AvgIpc) is 3.05. The van der Waals surface area contributed by atoms with Gasteiger partial charge in [-0.05, 0) is 85.5 Å². The molecule has 4 atom stereocenters. The van der Waals surface area contributed by atoms with Crippen molar-refractivity contribution in [3.05, 3.63) is 126 Å². The van der Waals surface area contributed by atoms with Gasteiger partial charge >= 0.3 is 17.9 Å². The van der Waals surface area contributed by atoms with Gasteiger partial charge in [-0.25, -0.2) is 14.0 Å². The molecule has 0 radical (unpaired) electrons. The van der Waals surface area contributed by atoms with Gasteiger partial charge < -0.3 is 24.1 Å². The van der Waals surface area contributed by atoms with Crippen molar-refractivity contribution >= 4 is 17.9 Å². The second-order valence-corrected chi connectivity index (χ2v) is 11.7. The Bertz CT molecular complexity index is 1690. The molecule has 1 saturated heterocycles. The highest BCUT2D eigenvalue weighted by atomic mass is 19.1. The van der Waals surface area contributed by atoms with Crippen molar-refractivity contribution < 1.29 is 42.8 Å². The van der Waals surface area contributed by atoms with E-state index in [1.54, 1.807) is 91.0 Å². The van der Waals surface area contributed by atoms with Crippen LogP contribution in [-0.4, -0.2) is 47.1 Å². The number of hydrogen-bond donors (Lipinski definition) is 1. The van der Waals surface area contributed by atoms with E-state index in [1.807, 2.05) is 20.8 Å². The van der Waals surface area contributed by atoms with Gasteiger partial charge in [-0.3, -0.25) is 4.79 Å². The van der Waals surface area contributed by atoms with E-state index in [2.05, 4.69) is 0 Å². The largest absolute Gasteiger partial charge is 0.481 e. The van der Waals surface area contributed by atoms with Crippen molar-refractivity contribution in [2.75, 3.05) is 0 Å². The molecule has 4 aromatic rings. The minimum atomic E-state index is -1.22. The van der Waals surface area contributed by atoms with Crippen molar-refractivity contribution in [2.45, 2.75) is 57.7 Å². The topological polar surface area (TPSA) is 108 Å².